The monoisotopic (exact) mass is 188 g/mol. The first-order valence-corrected chi connectivity index (χ1v) is 4.07. The lowest BCUT2D eigenvalue weighted by Gasteiger charge is -1.97. The predicted octanol–water partition coefficient (Wildman–Crippen LogP) is 1.44. The van der Waals surface area contributed by atoms with Crippen molar-refractivity contribution in [1.82, 2.24) is 4.98 Å². The van der Waals surface area contributed by atoms with E-state index in [2.05, 4.69) is 4.98 Å². The Morgan fingerprint density at radius 2 is 2.29 bits per heavy atom. The topological polar surface area (TPSA) is 69.1 Å². The van der Waals surface area contributed by atoms with Crippen LogP contribution in [0.4, 0.5) is 0 Å². The Morgan fingerprint density at radius 1 is 1.43 bits per heavy atom. The van der Waals surface area contributed by atoms with Gasteiger partial charge in [-0.2, -0.15) is 0 Å². The number of amides is 1. The largest absolute Gasteiger partial charge is 0.445 e. The molecule has 1 aromatic heterocycles. The van der Waals surface area contributed by atoms with Gasteiger partial charge in [0.2, 0.25) is 11.8 Å². The number of nitrogens with zero attached hydrogens (tertiary/aromatic N) is 1. The molecule has 0 atom stereocenters. The Bertz CT molecular complexity index is 449. The summed E-state index contributed by atoms with van der Waals surface area (Å²) in [7, 11) is 0. The van der Waals surface area contributed by atoms with Crippen LogP contribution in [0.1, 0.15) is 10.4 Å². The van der Waals surface area contributed by atoms with Crippen LogP contribution in [0.25, 0.3) is 11.5 Å². The van der Waals surface area contributed by atoms with E-state index in [1.807, 2.05) is 0 Å². The van der Waals surface area contributed by atoms with Gasteiger partial charge in [-0.3, -0.25) is 4.79 Å². The fourth-order valence-corrected chi connectivity index (χ4v) is 1.17. The first-order chi connectivity index (χ1) is 6.77. The van der Waals surface area contributed by atoms with Crippen LogP contribution in [0.5, 0.6) is 0 Å². The number of hydrogen-bond acceptors (Lipinski definition) is 3. The lowest BCUT2D eigenvalue weighted by molar-refractivity contribution is 0.100. The van der Waals surface area contributed by atoms with E-state index in [1.165, 1.54) is 6.26 Å². The molecule has 2 aromatic rings. The molecule has 0 unspecified atom stereocenters. The molecule has 0 saturated carbocycles. The minimum atomic E-state index is -0.460. The van der Waals surface area contributed by atoms with Gasteiger partial charge in [-0.25, -0.2) is 4.98 Å². The maximum absolute atomic E-state index is 10.9. The Labute approximate surface area is 80.4 Å². The maximum atomic E-state index is 10.9. The smallest absolute Gasteiger partial charge is 0.248 e. The average molecular weight is 188 g/mol. The van der Waals surface area contributed by atoms with Gasteiger partial charge in [-0.1, -0.05) is 6.07 Å². The molecule has 1 amide bonds. The number of benzene rings is 1. The number of rotatable bonds is 2. The van der Waals surface area contributed by atoms with Crippen molar-refractivity contribution in [3.05, 3.63) is 42.3 Å². The van der Waals surface area contributed by atoms with Crippen molar-refractivity contribution in [1.29, 1.82) is 0 Å². The van der Waals surface area contributed by atoms with E-state index in [-0.39, 0.29) is 0 Å². The molecule has 70 valence electrons. The molecule has 0 aliphatic rings. The molecule has 2 N–H and O–H groups in total. The molecule has 1 aromatic carbocycles. The number of carbonyl (C=O) groups is 1. The molecule has 0 fully saturated rings. The molecule has 2 rings (SSSR count). The third-order valence-corrected chi connectivity index (χ3v) is 1.83. The zero-order valence-electron chi connectivity index (χ0n) is 7.31. The first kappa shape index (κ1) is 8.50. The van der Waals surface area contributed by atoms with Crippen LogP contribution in [0.15, 0.2) is 41.1 Å². The highest BCUT2D eigenvalue weighted by Gasteiger charge is 2.05. The van der Waals surface area contributed by atoms with E-state index >= 15 is 0 Å². The molecule has 0 aliphatic carbocycles. The van der Waals surface area contributed by atoms with Crippen LogP contribution in [-0.2, 0) is 0 Å². The van der Waals surface area contributed by atoms with Crippen molar-refractivity contribution >= 4 is 5.91 Å². The van der Waals surface area contributed by atoms with Gasteiger partial charge >= 0.3 is 0 Å². The lowest BCUT2D eigenvalue weighted by Crippen LogP contribution is -2.10. The van der Waals surface area contributed by atoms with Gasteiger partial charge in [-0.15, -0.1) is 0 Å². The highest BCUT2D eigenvalue weighted by Crippen LogP contribution is 2.17. The van der Waals surface area contributed by atoms with Crippen molar-refractivity contribution in [2.45, 2.75) is 0 Å². The fourth-order valence-electron chi connectivity index (χ4n) is 1.17. The van der Waals surface area contributed by atoms with Crippen molar-refractivity contribution in [3.63, 3.8) is 0 Å². The van der Waals surface area contributed by atoms with Crippen molar-refractivity contribution < 1.29 is 9.21 Å². The Hall–Kier alpha value is -2.10. The van der Waals surface area contributed by atoms with Crippen LogP contribution in [-0.4, -0.2) is 10.9 Å². The quantitative estimate of drug-likeness (QED) is 0.775. The van der Waals surface area contributed by atoms with E-state index in [4.69, 9.17) is 10.2 Å². The van der Waals surface area contributed by atoms with Gasteiger partial charge in [0.25, 0.3) is 0 Å². The summed E-state index contributed by atoms with van der Waals surface area (Å²) in [6.07, 6.45) is 3.03. The van der Waals surface area contributed by atoms with Crippen LogP contribution in [0.2, 0.25) is 0 Å². The Kier molecular flexibility index (Phi) is 2.02. The fraction of sp³-hybridized carbons (Fsp3) is 0. The number of hydrogen-bond donors (Lipinski definition) is 1. The summed E-state index contributed by atoms with van der Waals surface area (Å²) in [5, 5.41) is 0. The number of aromatic nitrogens is 1. The third-order valence-electron chi connectivity index (χ3n) is 1.83. The molecular formula is C10H8N2O2. The van der Waals surface area contributed by atoms with Gasteiger partial charge < -0.3 is 10.2 Å². The molecule has 4 nitrogen and oxygen atoms in total. The minimum absolute atomic E-state index is 0.445. The van der Waals surface area contributed by atoms with Crippen molar-refractivity contribution in [3.8, 4) is 11.5 Å². The first-order valence-electron chi connectivity index (χ1n) is 4.07. The maximum Gasteiger partial charge on any atom is 0.248 e. The number of nitrogens with two attached hydrogens (primary N) is 1. The number of carbonyl (C=O) groups excluding carboxylic acids is 1. The predicted molar refractivity (Wildman–Crippen MR) is 50.5 cm³/mol. The molecule has 0 saturated heterocycles. The van der Waals surface area contributed by atoms with E-state index < -0.39 is 5.91 Å². The van der Waals surface area contributed by atoms with Crippen LogP contribution < -0.4 is 5.73 Å². The summed E-state index contributed by atoms with van der Waals surface area (Å²) in [6, 6.07) is 6.83. The van der Waals surface area contributed by atoms with Crippen LogP contribution in [0.3, 0.4) is 0 Å². The summed E-state index contributed by atoms with van der Waals surface area (Å²) in [6.45, 7) is 0. The van der Waals surface area contributed by atoms with Gasteiger partial charge in [0.1, 0.15) is 6.26 Å². The molecule has 0 spiro atoms. The van der Waals surface area contributed by atoms with Crippen molar-refractivity contribution in [2.75, 3.05) is 0 Å². The molecule has 4 heteroatoms. The zero-order valence-corrected chi connectivity index (χ0v) is 7.31. The zero-order chi connectivity index (χ0) is 9.97. The second-order valence-corrected chi connectivity index (χ2v) is 2.78. The van der Waals surface area contributed by atoms with E-state index in [9.17, 15) is 4.79 Å². The van der Waals surface area contributed by atoms with E-state index in [0.29, 0.717) is 11.5 Å². The summed E-state index contributed by atoms with van der Waals surface area (Å²) in [4.78, 5) is 14.9. The summed E-state index contributed by atoms with van der Waals surface area (Å²) in [5.74, 6) is 0.0199. The van der Waals surface area contributed by atoms with Crippen molar-refractivity contribution in [2.24, 2.45) is 5.73 Å². The van der Waals surface area contributed by atoms with Gasteiger partial charge in [0, 0.05) is 11.1 Å². The molecular weight excluding hydrogens is 180 g/mol. The highest BCUT2D eigenvalue weighted by molar-refractivity contribution is 5.93. The SMILES string of the molecule is NC(=O)c1cccc(-c2ncco2)c1. The second kappa shape index (κ2) is 3.33. The van der Waals surface area contributed by atoms with Crippen LogP contribution in [0, 0.1) is 0 Å². The minimum Gasteiger partial charge on any atom is -0.445 e. The van der Waals surface area contributed by atoms with Crippen LogP contribution >= 0.6 is 0 Å². The summed E-state index contributed by atoms with van der Waals surface area (Å²) in [5.41, 5.74) is 6.33. The molecule has 0 aliphatic heterocycles. The Morgan fingerprint density at radius 3 is 2.93 bits per heavy atom. The Balaban J connectivity index is 2.46. The van der Waals surface area contributed by atoms with E-state index in [1.54, 1.807) is 30.5 Å². The highest BCUT2D eigenvalue weighted by atomic mass is 16.3. The molecule has 14 heavy (non-hydrogen) atoms. The molecule has 1 heterocycles. The standard InChI is InChI=1S/C10H8N2O2/c11-9(13)7-2-1-3-8(6-7)10-12-4-5-14-10/h1-6H,(H2,11,13). The number of oxazole rings is 1. The average Bonchev–Trinajstić information content (AvgIpc) is 2.71. The van der Waals surface area contributed by atoms with E-state index in [0.717, 1.165) is 5.56 Å². The number of primary amides is 1. The lowest BCUT2D eigenvalue weighted by atomic mass is 10.1. The van der Waals surface area contributed by atoms with Gasteiger partial charge in [-0.05, 0) is 18.2 Å². The molecule has 0 radical (unpaired) electrons. The molecule has 0 bridgehead atoms. The summed E-state index contributed by atoms with van der Waals surface area (Å²) >= 11 is 0. The normalized spacial score (nSPS) is 10.0. The second-order valence-electron chi connectivity index (χ2n) is 2.78. The third kappa shape index (κ3) is 1.50. The summed E-state index contributed by atoms with van der Waals surface area (Å²) < 4.78 is 5.09. The van der Waals surface area contributed by atoms with Gasteiger partial charge in [0.15, 0.2) is 0 Å². The van der Waals surface area contributed by atoms with Gasteiger partial charge in [0.05, 0.1) is 6.20 Å².